The monoisotopic (exact) mass is 365 g/mol. The van der Waals surface area contributed by atoms with Crippen LogP contribution < -0.4 is 5.32 Å². The molecule has 0 atom stereocenters. The van der Waals surface area contributed by atoms with Gasteiger partial charge in [-0.25, -0.2) is 0 Å². The van der Waals surface area contributed by atoms with Gasteiger partial charge in [-0.1, -0.05) is 39.7 Å². The van der Waals surface area contributed by atoms with E-state index in [0.717, 1.165) is 49.6 Å². The molecule has 0 saturated carbocycles. The van der Waals surface area contributed by atoms with Gasteiger partial charge in [0.1, 0.15) is 0 Å². The van der Waals surface area contributed by atoms with E-state index in [1.54, 1.807) is 0 Å². The van der Waals surface area contributed by atoms with Crippen LogP contribution in [0.5, 0.6) is 0 Å². The molecule has 1 aromatic carbocycles. The molecule has 0 bridgehead atoms. The first-order valence-electron chi connectivity index (χ1n) is 7.61. The molecule has 0 aliphatic carbocycles. The van der Waals surface area contributed by atoms with Gasteiger partial charge in [-0.3, -0.25) is 4.99 Å². The third kappa shape index (κ3) is 5.46. The van der Waals surface area contributed by atoms with Crippen LogP contribution in [0, 0.1) is 0 Å². The minimum atomic E-state index is 0.757. The summed E-state index contributed by atoms with van der Waals surface area (Å²) in [5.74, 6) is 0.926. The average molecular weight is 366 g/mol. The third-order valence-corrected chi connectivity index (χ3v) is 4.22. The van der Waals surface area contributed by atoms with E-state index < -0.39 is 0 Å². The van der Waals surface area contributed by atoms with Gasteiger partial charge in [0.05, 0.1) is 13.2 Å². The summed E-state index contributed by atoms with van der Waals surface area (Å²) in [7, 11) is 3.89. The van der Waals surface area contributed by atoms with Crippen LogP contribution in [0.2, 0.25) is 0 Å². The van der Waals surface area contributed by atoms with E-state index in [2.05, 4.69) is 68.5 Å². The minimum Gasteiger partial charge on any atom is -0.377 e. The maximum Gasteiger partial charge on any atom is 0.193 e. The van der Waals surface area contributed by atoms with Crippen LogP contribution in [-0.4, -0.2) is 44.7 Å². The Bertz CT molecular complexity index is 525. The van der Waals surface area contributed by atoms with Crippen molar-refractivity contribution in [2.24, 2.45) is 4.99 Å². The van der Waals surface area contributed by atoms with E-state index in [0.29, 0.717) is 0 Å². The second kappa shape index (κ2) is 8.96. The molecular weight excluding hydrogens is 342 g/mol. The molecule has 2 rings (SSSR count). The molecule has 1 aliphatic rings. The number of hydrogen-bond acceptors (Lipinski definition) is 2. The van der Waals surface area contributed by atoms with Crippen LogP contribution in [0.25, 0.3) is 0 Å². The molecule has 0 spiro atoms. The number of aliphatic imine (C=N–C) groups is 1. The van der Waals surface area contributed by atoms with Gasteiger partial charge >= 0.3 is 0 Å². The minimum absolute atomic E-state index is 0.757. The molecule has 1 heterocycles. The van der Waals surface area contributed by atoms with Gasteiger partial charge < -0.3 is 15.0 Å². The predicted molar refractivity (Wildman–Crippen MR) is 95.1 cm³/mol. The molecule has 0 radical (unpaired) electrons. The Morgan fingerprint density at radius 3 is 2.77 bits per heavy atom. The number of nitrogens with one attached hydrogen (secondary N) is 1. The van der Waals surface area contributed by atoms with Crippen LogP contribution in [-0.2, 0) is 11.3 Å². The van der Waals surface area contributed by atoms with Crippen LogP contribution in [0.4, 0.5) is 0 Å². The van der Waals surface area contributed by atoms with Crippen molar-refractivity contribution in [3.05, 3.63) is 46.0 Å². The highest BCUT2D eigenvalue weighted by Crippen LogP contribution is 2.12. The highest BCUT2D eigenvalue weighted by Gasteiger charge is 2.08. The zero-order chi connectivity index (χ0) is 15.8. The molecule has 0 unspecified atom stereocenters. The normalized spacial score (nSPS) is 15.4. The summed E-state index contributed by atoms with van der Waals surface area (Å²) in [6, 6.07) is 8.38. The quantitative estimate of drug-likeness (QED) is 0.494. The molecule has 5 heteroatoms. The van der Waals surface area contributed by atoms with Crippen molar-refractivity contribution in [1.29, 1.82) is 0 Å². The summed E-state index contributed by atoms with van der Waals surface area (Å²) >= 11 is 3.46. The van der Waals surface area contributed by atoms with Gasteiger partial charge in [0.15, 0.2) is 5.96 Å². The molecule has 0 aromatic heterocycles. The predicted octanol–water partition coefficient (Wildman–Crippen LogP) is 3.19. The number of hydrogen-bond donors (Lipinski definition) is 1. The van der Waals surface area contributed by atoms with Gasteiger partial charge in [0.2, 0.25) is 0 Å². The summed E-state index contributed by atoms with van der Waals surface area (Å²) in [6.45, 7) is 3.35. The Balaban J connectivity index is 1.80. The van der Waals surface area contributed by atoms with E-state index in [-0.39, 0.29) is 0 Å². The summed E-state index contributed by atoms with van der Waals surface area (Å²) < 4.78 is 6.43. The lowest BCUT2D eigenvalue weighted by Crippen LogP contribution is -2.39. The summed E-state index contributed by atoms with van der Waals surface area (Å²) in [4.78, 5) is 6.50. The maximum absolute atomic E-state index is 5.33. The van der Waals surface area contributed by atoms with Crippen molar-refractivity contribution in [3.63, 3.8) is 0 Å². The molecule has 1 aliphatic heterocycles. The maximum atomic E-state index is 5.33. The standard InChI is InChI=1S/C17H24BrN3O/c1-19-17(20-10-7-14-8-11-22-12-9-14)21(2)13-15-3-5-16(18)6-4-15/h3-6,8H,7,9-13H2,1-2H3,(H,19,20). The molecule has 120 valence electrons. The fourth-order valence-corrected chi connectivity index (χ4v) is 2.71. The SMILES string of the molecule is CN=C(NCCC1=CCOCC1)N(C)Cc1ccc(Br)cc1. The number of guanidine groups is 1. The van der Waals surface area contributed by atoms with Crippen molar-refractivity contribution in [3.8, 4) is 0 Å². The Labute approximate surface area is 141 Å². The fourth-order valence-electron chi connectivity index (χ4n) is 2.45. The van der Waals surface area contributed by atoms with Crippen molar-refractivity contribution in [1.82, 2.24) is 10.2 Å². The second-order valence-electron chi connectivity index (χ2n) is 5.39. The fraction of sp³-hybridized carbons (Fsp3) is 0.471. The Morgan fingerprint density at radius 1 is 1.36 bits per heavy atom. The van der Waals surface area contributed by atoms with Crippen LogP contribution >= 0.6 is 15.9 Å². The van der Waals surface area contributed by atoms with Crippen molar-refractivity contribution in [2.45, 2.75) is 19.4 Å². The van der Waals surface area contributed by atoms with Crippen LogP contribution in [0.15, 0.2) is 45.4 Å². The van der Waals surface area contributed by atoms with Crippen molar-refractivity contribution >= 4 is 21.9 Å². The first-order valence-corrected chi connectivity index (χ1v) is 8.40. The lowest BCUT2D eigenvalue weighted by molar-refractivity contribution is 0.153. The first kappa shape index (κ1) is 17.0. The van der Waals surface area contributed by atoms with Crippen molar-refractivity contribution < 1.29 is 4.74 Å². The summed E-state index contributed by atoms with van der Waals surface area (Å²) in [6.07, 6.45) is 4.29. The Kier molecular flexibility index (Phi) is 6.93. The number of halogens is 1. The van der Waals surface area contributed by atoms with Gasteiger partial charge in [-0.15, -0.1) is 0 Å². The molecule has 0 fully saturated rings. The van der Waals surface area contributed by atoms with Crippen LogP contribution in [0.3, 0.4) is 0 Å². The number of benzene rings is 1. The molecular formula is C17H24BrN3O. The number of ether oxygens (including phenoxy) is 1. The summed E-state index contributed by atoms with van der Waals surface area (Å²) in [5, 5.41) is 3.43. The molecule has 4 nitrogen and oxygen atoms in total. The Hall–Kier alpha value is -1.33. The van der Waals surface area contributed by atoms with E-state index >= 15 is 0 Å². The zero-order valence-electron chi connectivity index (χ0n) is 13.3. The lowest BCUT2D eigenvalue weighted by atomic mass is 10.1. The number of rotatable bonds is 5. The zero-order valence-corrected chi connectivity index (χ0v) is 14.9. The molecule has 1 aromatic rings. The molecule has 1 N–H and O–H groups in total. The van der Waals surface area contributed by atoms with Crippen molar-refractivity contribution in [2.75, 3.05) is 33.9 Å². The summed E-state index contributed by atoms with van der Waals surface area (Å²) in [5.41, 5.74) is 2.74. The highest BCUT2D eigenvalue weighted by molar-refractivity contribution is 9.10. The van der Waals surface area contributed by atoms with Gasteiger partial charge in [0.25, 0.3) is 0 Å². The van der Waals surface area contributed by atoms with E-state index in [1.165, 1.54) is 11.1 Å². The lowest BCUT2D eigenvalue weighted by Gasteiger charge is -2.23. The second-order valence-corrected chi connectivity index (χ2v) is 6.31. The molecule has 0 amide bonds. The number of nitrogens with zero attached hydrogens (tertiary/aromatic N) is 2. The van der Waals surface area contributed by atoms with Gasteiger partial charge in [0, 0.05) is 31.7 Å². The Morgan fingerprint density at radius 2 is 2.14 bits per heavy atom. The molecule has 0 saturated heterocycles. The van der Waals surface area contributed by atoms with E-state index in [4.69, 9.17) is 4.74 Å². The van der Waals surface area contributed by atoms with E-state index in [9.17, 15) is 0 Å². The highest BCUT2D eigenvalue weighted by atomic mass is 79.9. The molecule has 22 heavy (non-hydrogen) atoms. The first-order chi connectivity index (χ1) is 10.7. The van der Waals surface area contributed by atoms with E-state index in [1.807, 2.05) is 7.05 Å². The largest absolute Gasteiger partial charge is 0.377 e. The van der Waals surface area contributed by atoms with Crippen LogP contribution in [0.1, 0.15) is 18.4 Å². The van der Waals surface area contributed by atoms with Gasteiger partial charge in [-0.05, 0) is 30.5 Å². The van der Waals surface area contributed by atoms with Gasteiger partial charge in [-0.2, -0.15) is 0 Å². The smallest absolute Gasteiger partial charge is 0.193 e. The average Bonchev–Trinajstić information content (AvgIpc) is 2.54. The third-order valence-electron chi connectivity index (χ3n) is 3.69. The topological polar surface area (TPSA) is 36.9 Å².